The van der Waals surface area contributed by atoms with Crippen LogP contribution in [0.4, 0.5) is 0 Å². The highest BCUT2D eigenvalue weighted by Gasteiger charge is 2.40. The molecule has 10 heteroatoms. The van der Waals surface area contributed by atoms with Crippen molar-refractivity contribution < 1.29 is 19.1 Å². The Bertz CT molecular complexity index is 985. The van der Waals surface area contributed by atoms with Crippen LogP contribution in [0.2, 0.25) is 10.0 Å². The van der Waals surface area contributed by atoms with Crippen LogP contribution < -0.4 is 0 Å². The number of halogens is 2. The van der Waals surface area contributed by atoms with E-state index < -0.39 is 17.9 Å². The number of carboxylic acid groups (broad SMARTS) is 1. The Kier molecular flexibility index (Phi) is 7.34. The number of thiocarbonyl (C=S) groups is 1. The number of carbonyl (C=O) groups excluding carboxylic acids is 1. The Morgan fingerprint density at radius 2 is 2.03 bits per heavy atom. The van der Waals surface area contributed by atoms with Gasteiger partial charge in [0.15, 0.2) is 0 Å². The Hall–Kier alpha value is -1.45. The van der Waals surface area contributed by atoms with Crippen LogP contribution in [-0.2, 0) is 9.59 Å². The summed E-state index contributed by atoms with van der Waals surface area (Å²) in [6, 6.07) is 7.55. The summed E-state index contributed by atoms with van der Waals surface area (Å²) < 4.78 is 6.01. The minimum atomic E-state index is -1.08. The van der Waals surface area contributed by atoms with E-state index in [2.05, 4.69) is 0 Å². The lowest BCUT2D eigenvalue weighted by Crippen LogP contribution is -2.44. The third-order valence-electron chi connectivity index (χ3n) is 4.12. The summed E-state index contributed by atoms with van der Waals surface area (Å²) in [5, 5.41) is 10.4. The van der Waals surface area contributed by atoms with Crippen molar-refractivity contribution in [1.29, 1.82) is 0 Å². The highest BCUT2D eigenvalue weighted by Crippen LogP contribution is 2.38. The highest BCUT2D eigenvalue weighted by molar-refractivity contribution is 8.26. The molecule has 1 aliphatic heterocycles. The molecule has 1 N–H and O–H groups in total. The Morgan fingerprint density at radius 3 is 2.66 bits per heavy atom. The van der Waals surface area contributed by atoms with Crippen molar-refractivity contribution in [3.05, 3.63) is 51.0 Å². The summed E-state index contributed by atoms with van der Waals surface area (Å²) in [5.41, 5.74) is 0.561. The maximum absolute atomic E-state index is 12.8. The Labute approximate surface area is 191 Å². The largest absolute Gasteiger partial charge is 0.480 e. The first-order valence-electron chi connectivity index (χ1n) is 8.36. The first-order chi connectivity index (χ1) is 13.8. The normalized spacial score (nSPS) is 16.7. The Morgan fingerprint density at radius 1 is 1.34 bits per heavy atom. The summed E-state index contributed by atoms with van der Waals surface area (Å²) in [6.45, 7) is 0. The highest BCUT2D eigenvalue weighted by atomic mass is 35.5. The van der Waals surface area contributed by atoms with Crippen molar-refractivity contribution in [2.75, 3.05) is 12.0 Å². The third kappa shape index (κ3) is 4.83. The Balaban J connectivity index is 1.87. The summed E-state index contributed by atoms with van der Waals surface area (Å²) >= 11 is 20.3. The number of thioether (sulfide) groups is 2. The minimum absolute atomic E-state index is 0.218. The molecule has 152 valence electrons. The molecule has 0 spiro atoms. The van der Waals surface area contributed by atoms with Crippen LogP contribution in [0.25, 0.3) is 17.4 Å². The second kappa shape index (κ2) is 9.57. The van der Waals surface area contributed by atoms with E-state index in [1.165, 1.54) is 16.7 Å². The van der Waals surface area contributed by atoms with Gasteiger partial charge in [-0.05, 0) is 42.7 Å². The average Bonchev–Trinajstić information content (AvgIpc) is 3.21. The number of hydrogen-bond donors (Lipinski definition) is 1. The second-order valence-corrected chi connectivity index (χ2v) is 9.46. The van der Waals surface area contributed by atoms with Gasteiger partial charge in [-0.1, -0.05) is 53.2 Å². The van der Waals surface area contributed by atoms with E-state index in [-0.39, 0.29) is 4.32 Å². The second-order valence-electron chi connectivity index (χ2n) is 5.99. The number of nitrogens with zero attached hydrogens (tertiary/aromatic N) is 1. The predicted molar refractivity (Wildman–Crippen MR) is 124 cm³/mol. The summed E-state index contributed by atoms with van der Waals surface area (Å²) in [4.78, 5) is 25.9. The zero-order valence-electron chi connectivity index (χ0n) is 15.1. The van der Waals surface area contributed by atoms with Gasteiger partial charge in [-0.3, -0.25) is 9.69 Å². The van der Waals surface area contributed by atoms with Crippen LogP contribution in [0.1, 0.15) is 12.2 Å². The number of hydrogen-bond acceptors (Lipinski definition) is 6. The molecular formula is C19H15Cl2NO4S3. The van der Waals surface area contributed by atoms with Gasteiger partial charge in [-0.15, -0.1) is 0 Å². The minimum Gasteiger partial charge on any atom is -0.480 e. The van der Waals surface area contributed by atoms with Gasteiger partial charge in [0.2, 0.25) is 0 Å². The topological polar surface area (TPSA) is 70.8 Å². The van der Waals surface area contributed by atoms with Crippen molar-refractivity contribution in [2.45, 2.75) is 12.5 Å². The first kappa shape index (κ1) is 22.2. The zero-order valence-corrected chi connectivity index (χ0v) is 19.0. The van der Waals surface area contributed by atoms with Gasteiger partial charge in [0, 0.05) is 6.08 Å². The summed E-state index contributed by atoms with van der Waals surface area (Å²) in [5.74, 6) is -0.0432. The number of benzene rings is 1. The molecule has 1 aliphatic rings. The molecule has 1 aromatic heterocycles. The molecule has 1 saturated heterocycles. The molecule has 0 saturated carbocycles. The van der Waals surface area contributed by atoms with Gasteiger partial charge in [0.1, 0.15) is 21.9 Å². The van der Waals surface area contributed by atoms with Crippen LogP contribution >= 0.6 is 58.9 Å². The number of amides is 1. The molecule has 5 nitrogen and oxygen atoms in total. The third-order valence-corrected chi connectivity index (χ3v) is 6.73. The molecule has 1 aromatic carbocycles. The quantitative estimate of drug-likeness (QED) is 0.398. The number of aliphatic carboxylic acids is 1. The van der Waals surface area contributed by atoms with E-state index in [0.29, 0.717) is 44.2 Å². The predicted octanol–water partition coefficient (Wildman–Crippen LogP) is 5.66. The molecule has 2 heterocycles. The number of rotatable bonds is 7. The lowest BCUT2D eigenvalue weighted by molar-refractivity contribution is -0.145. The van der Waals surface area contributed by atoms with Gasteiger partial charge in [-0.2, -0.15) is 11.8 Å². The first-order valence-corrected chi connectivity index (χ1v) is 11.7. The van der Waals surface area contributed by atoms with E-state index in [1.54, 1.807) is 36.4 Å². The van der Waals surface area contributed by atoms with E-state index >= 15 is 0 Å². The average molecular weight is 488 g/mol. The molecule has 0 bridgehead atoms. The smallest absolute Gasteiger partial charge is 0.326 e. The number of furan rings is 1. The molecule has 0 aliphatic carbocycles. The molecule has 1 fully saturated rings. The van der Waals surface area contributed by atoms with Crippen molar-refractivity contribution >= 4 is 81.2 Å². The lowest BCUT2D eigenvalue weighted by Gasteiger charge is -2.22. The van der Waals surface area contributed by atoms with Crippen molar-refractivity contribution in [2.24, 2.45) is 0 Å². The maximum atomic E-state index is 12.8. The summed E-state index contributed by atoms with van der Waals surface area (Å²) in [6.07, 6.45) is 3.73. The van der Waals surface area contributed by atoms with Crippen molar-refractivity contribution in [3.63, 3.8) is 0 Å². The SMILES string of the molecule is CSCC[C@H](C(=O)O)N1C(=O)/C(=C\c2ccc(-c3c(Cl)cccc3Cl)o2)SC1=S. The maximum Gasteiger partial charge on any atom is 0.326 e. The van der Waals surface area contributed by atoms with E-state index in [9.17, 15) is 14.7 Å². The van der Waals surface area contributed by atoms with Gasteiger partial charge < -0.3 is 9.52 Å². The van der Waals surface area contributed by atoms with Crippen LogP contribution in [0.15, 0.2) is 39.7 Å². The number of carboxylic acids is 1. The van der Waals surface area contributed by atoms with Gasteiger partial charge in [-0.25, -0.2) is 4.79 Å². The van der Waals surface area contributed by atoms with E-state index in [4.69, 9.17) is 39.8 Å². The van der Waals surface area contributed by atoms with Crippen LogP contribution in [0.5, 0.6) is 0 Å². The molecule has 0 unspecified atom stereocenters. The van der Waals surface area contributed by atoms with Crippen molar-refractivity contribution in [1.82, 2.24) is 4.90 Å². The molecule has 1 atom stereocenters. The van der Waals surface area contributed by atoms with E-state index in [1.807, 2.05) is 6.26 Å². The lowest BCUT2D eigenvalue weighted by atomic mass is 10.2. The molecule has 29 heavy (non-hydrogen) atoms. The van der Waals surface area contributed by atoms with Crippen molar-refractivity contribution in [3.8, 4) is 11.3 Å². The van der Waals surface area contributed by atoms with Gasteiger partial charge in [0.05, 0.1) is 20.5 Å². The fraction of sp³-hybridized carbons (Fsp3) is 0.211. The molecule has 2 aromatic rings. The van der Waals surface area contributed by atoms with Gasteiger partial charge >= 0.3 is 5.97 Å². The molecular weight excluding hydrogens is 473 g/mol. The monoisotopic (exact) mass is 487 g/mol. The van der Waals surface area contributed by atoms with E-state index in [0.717, 1.165) is 11.8 Å². The molecule has 1 amide bonds. The molecule has 3 rings (SSSR count). The zero-order chi connectivity index (χ0) is 21.1. The van der Waals surface area contributed by atoms with Crippen LogP contribution in [0.3, 0.4) is 0 Å². The van der Waals surface area contributed by atoms with Gasteiger partial charge in [0.25, 0.3) is 5.91 Å². The molecule has 0 radical (unpaired) electrons. The number of carbonyl (C=O) groups is 2. The van der Waals surface area contributed by atoms with Crippen LogP contribution in [0, 0.1) is 0 Å². The fourth-order valence-electron chi connectivity index (χ4n) is 2.77. The standard InChI is InChI=1S/C19H15Cl2NO4S3/c1-28-8-7-13(18(24)25)22-17(23)15(29-19(22)27)9-10-5-6-14(26-10)16-11(20)3-2-4-12(16)21/h2-6,9,13H,7-8H2,1H3,(H,24,25)/b15-9+/t13-/m1/s1. The fourth-order valence-corrected chi connectivity index (χ4v) is 5.15. The van der Waals surface area contributed by atoms with Crippen LogP contribution in [-0.4, -0.2) is 44.3 Å². The summed E-state index contributed by atoms with van der Waals surface area (Å²) in [7, 11) is 0.